The van der Waals surface area contributed by atoms with E-state index in [0.29, 0.717) is 30.9 Å². The number of tetrazole rings is 1. The summed E-state index contributed by atoms with van der Waals surface area (Å²) in [5.41, 5.74) is 2.11. The summed E-state index contributed by atoms with van der Waals surface area (Å²) >= 11 is 0. The van der Waals surface area contributed by atoms with E-state index in [1.54, 1.807) is 21.7 Å². The largest absolute Gasteiger partial charge is 0.380 e. The van der Waals surface area contributed by atoms with Crippen LogP contribution < -0.4 is 5.32 Å². The molecule has 29 heavy (non-hydrogen) atoms. The number of piperidine rings is 1. The molecule has 1 aliphatic heterocycles. The molecule has 1 aromatic heterocycles. The van der Waals surface area contributed by atoms with Crippen molar-refractivity contribution in [2.24, 2.45) is 0 Å². The van der Waals surface area contributed by atoms with Crippen LogP contribution in [0.2, 0.25) is 0 Å². The Morgan fingerprint density at radius 1 is 1.14 bits per heavy atom. The summed E-state index contributed by atoms with van der Waals surface area (Å²) in [5.74, 6) is -1.81. The number of anilines is 1. The van der Waals surface area contributed by atoms with E-state index in [1.165, 1.54) is 12.4 Å². The van der Waals surface area contributed by atoms with Crippen molar-refractivity contribution in [2.45, 2.75) is 25.4 Å². The molecule has 0 saturated carbocycles. The van der Waals surface area contributed by atoms with Gasteiger partial charge in [-0.05, 0) is 53.1 Å². The average molecular weight is 398 g/mol. The molecule has 1 aliphatic rings. The molecule has 4 rings (SSSR count). The maximum atomic E-state index is 13.4. The van der Waals surface area contributed by atoms with E-state index in [9.17, 15) is 13.6 Å². The van der Waals surface area contributed by atoms with E-state index in [2.05, 4.69) is 20.8 Å². The molecule has 0 bridgehead atoms. The number of aromatic nitrogens is 4. The highest BCUT2D eigenvalue weighted by Gasteiger charge is 2.24. The number of hydrogen-bond donors (Lipinski definition) is 1. The molecule has 3 aromatic rings. The van der Waals surface area contributed by atoms with Gasteiger partial charge in [0, 0.05) is 36.4 Å². The molecule has 1 atom stereocenters. The molecule has 9 heteroatoms. The zero-order valence-electron chi connectivity index (χ0n) is 15.6. The Labute approximate surface area is 166 Å². The van der Waals surface area contributed by atoms with Crippen LogP contribution in [0.4, 0.5) is 14.5 Å². The number of hydrogen-bond acceptors (Lipinski definition) is 5. The molecule has 1 saturated heterocycles. The van der Waals surface area contributed by atoms with Crippen LogP contribution >= 0.6 is 0 Å². The smallest absolute Gasteiger partial charge is 0.253 e. The summed E-state index contributed by atoms with van der Waals surface area (Å²) in [6.07, 6.45) is 3.23. The lowest BCUT2D eigenvalue weighted by atomic mass is 10.0. The molecule has 1 amide bonds. The van der Waals surface area contributed by atoms with Crippen LogP contribution in [0.5, 0.6) is 0 Å². The number of amides is 1. The average Bonchev–Trinajstić information content (AvgIpc) is 3.24. The first kappa shape index (κ1) is 19.0. The number of nitrogens with zero attached hydrogens (tertiary/aromatic N) is 5. The predicted octanol–water partition coefficient (Wildman–Crippen LogP) is 2.72. The van der Waals surface area contributed by atoms with Crippen LogP contribution in [0.15, 0.2) is 48.8 Å². The maximum absolute atomic E-state index is 13.4. The van der Waals surface area contributed by atoms with E-state index in [4.69, 9.17) is 0 Å². The highest BCUT2D eigenvalue weighted by atomic mass is 19.2. The number of nitrogens with one attached hydrogen (secondary N) is 1. The number of rotatable bonds is 5. The zero-order valence-corrected chi connectivity index (χ0v) is 15.6. The molecule has 1 fully saturated rings. The van der Waals surface area contributed by atoms with Gasteiger partial charge in [-0.2, -0.15) is 0 Å². The van der Waals surface area contributed by atoms with Crippen LogP contribution in [0.25, 0.3) is 0 Å². The Morgan fingerprint density at radius 3 is 2.69 bits per heavy atom. The molecule has 7 nitrogen and oxygen atoms in total. The van der Waals surface area contributed by atoms with Gasteiger partial charge in [-0.25, -0.2) is 13.5 Å². The first-order chi connectivity index (χ1) is 14.1. The molecule has 150 valence electrons. The molecular weight excluding hydrogens is 378 g/mol. The summed E-state index contributed by atoms with van der Waals surface area (Å²) in [6, 6.07) is 11.1. The van der Waals surface area contributed by atoms with E-state index >= 15 is 0 Å². The third-order valence-corrected chi connectivity index (χ3v) is 4.94. The zero-order chi connectivity index (χ0) is 20.2. The Kier molecular flexibility index (Phi) is 5.46. The molecule has 0 spiro atoms. The first-order valence-corrected chi connectivity index (χ1v) is 9.39. The third kappa shape index (κ3) is 4.56. The van der Waals surface area contributed by atoms with Crippen molar-refractivity contribution >= 4 is 11.6 Å². The molecule has 2 aromatic carbocycles. The second kappa shape index (κ2) is 8.34. The Bertz CT molecular complexity index is 977. The minimum Gasteiger partial charge on any atom is -0.380 e. The van der Waals surface area contributed by atoms with Crippen LogP contribution in [0, 0.1) is 11.6 Å². The second-order valence-corrected chi connectivity index (χ2v) is 7.07. The minimum atomic E-state index is -0.888. The molecule has 0 aliphatic carbocycles. The van der Waals surface area contributed by atoms with Gasteiger partial charge in [-0.3, -0.25) is 4.79 Å². The Balaban J connectivity index is 1.38. The van der Waals surface area contributed by atoms with Crippen molar-refractivity contribution in [3.8, 4) is 0 Å². The van der Waals surface area contributed by atoms with Gasteiger partial charge in [0.25, 0.3) is 5.91 Å². The minimum absolute atomic E-state index is 0.0170. The van der Waals surface area contributed by atoms with Crippen molar-refractivity contribution in [3.05, 3.63) is 71.6 Å². The molecule has 1 N–H and O–H groups in total. The monoisotopic (exact) mass is 398 g/mol. The van der Waals surface area contributed by atoms with Crippen molar-refractivity contribution in [1.29, 1.82) is 0 Å². The number of benzene rings is 2. The first-order valence-electron chi connectivity index (χ1n) is 9.39. The fraction of sp³-hybridized carbons (Fsp3) is 0.300. The van der Waals surface area contributed by atoms with Crippen molar-refractivity contribution in [2.75, 3.05) is 18.4 Å². The van der Waals surface area contributed by atoms with E-state index in [-0.39, 0.29) is 11.9 Å². The molecule has 0 radical (unpaired) electrons. The fourth-order valence-electron chi connectivity index (χ4n) is 3.48. The molecule has 0 unspecified atom stereocenters. The SMILES string of the molecule is O=C(c1ccc(Cn2cnnn2)cc1)N1CCC[C@H](Nc2ccc(F)c(F)c2)C1. The lowest BCUT2D eigenvalue weighted by molar-refractivity contribution is 0.0715. The van der Waals surface area contributed by atoms with Gasteiger partial charge in [-0.15, -0.1) is 5.10 Å². The molecule has 2 heterocycles. The fourth-order valence-corrected chi connectivity index (χ4v) is 3.48. The lowest BCUT2D eigenvalue weighted by Crippen LogP contribution is -2.45. The van der Waals surface area contributed by atoms with Crippen molar-refractivity contribution in [1.82, 2.24) is 25.1 Å². The van der Waals surface area contributed by atoms with Gasteiger partial charge in [0.05, 0.1) is 6.54 Å². The van der Waals surface area contributed by atoms with E-state index < -0.39 is 11.6 Å². The summed E-state index contributed by atoms with van der Waals surface area (Å²) in [5, 5.41) is 14.2. The Hall–Kier alpha value is -3.36. The van der Waals surface area contributed by atoms with Gasteiger partial charge >= 0.3 is 0 Å². The highest BCUT2D eigenvalue weighted by molar-refractivity contribution is 5.94. The third-order valence-electron chi connectivity index (χ3n) is 4.94. The van der Waals surface area contributed by atoms with Gasteiger partial charge < -0.3 is 10.2 Å². The molecular formula is C20H20F2N6O. The topological polar surface area (TPSA) is 75.9 Å². The second-order valence-electron chi connectivity index (χ2n) is 7.07. The van der Waals surface area contributed by atoms with Gasteiger partial charge in [0.2, 0.25) is 0 Å². The van der Waals surface area contributed by atoms with Crippen LogP contribution in [0.3, 0.4) is 0 Å². The van der Waals surface area contributed by atoms with Gasteiger partial charge in [-0.1, -0.05) is 12.1 Å². The summed E-state index contributed by atoms with van der Waals surface area (Å²) in [6.45, 7) is 1.71. The summed E-state index contributed by atoms with van der Waals surface area (Å²) < 4.78 is 28.1. The summed E-state index contributed by atoms with van der Waals surface area (Å²) in [4.78, 5) is 14.7. The standard InChI is InChI=1S/C20H20F2N6O/c21-18-8-7-16(10-19(18)22)24-17-2-1-9-27(12-17)20(29)15-5-3-14(4-6-15)11-28-13-23-25-26-28/h3-8,10,13,17,24H,1-2,9,11-12H2/t17-/m0/s1. The highest BCUT2D eigenvalue weighted by Crippen LogP contribution is 2.20. The van der Waals surface area contributed by atoms with E-state index in [0.717, 1.165) is 30.5 Å². The number of likely N-dealkylation sites (tertiary alicyclic amines) is 1. The maximum Gasteiger partial charge on any atom is 0.253 e. The van der Waals surface area contributed by atoms with Crippen LogP contribution in [0.1, 0.15) is 28.8 Å². The van der Waals surface area contributed by atoms with Crippen molar-refractivity contribution < 1.29 is 13.6 Å². The van der Waals surface area contributed by atoms with Crippen molar-refractivity contribution in [3.63, 3.8) is 0 Å². The quantitative estimate of drug-likeness (QED) is 0.715. The lowest BCUT2D eigenvalue weighted by Gasteiger charge is -2.33. The van der Waals surface area contributed by atoms with E-state index in [1.807, 2.05) is 12.1 Å². The predicted molar refractivity (Wildman–Crippen MR) is 102 cm³/mol. The summed E-state index contributed by atoms with van der Waals surface area (Å²) in [7, 11) is 0. The number of carbonyl (C=O) groups excluding carboxylic acids is 1. The number of halogens is 2. The van der Waals surface area contributed by atoms with Gasteiger partial charge in [0.1, 0.15) is 6.33 Å². The van der Waals surface area contributed by atoms with Gasteiger partial charge in [0.15, 0.2) is 11.6 Å². The van der Waals surface area contributed by atoms with Crippen LogP contribution in [-0.2, 0) is 6.54 Å². The normalized spacial score (nSPS) is 16.6. The number of carbonyl (C=O) groups is 1. The van der Waals surface area contributed by atoms with Crippen LogP contribution in [-0.4, -0.2) is 50.1 Å². The Morgan fingerprint density at radius 2 is 1.97 bits per heavy atom.